The number of hydrogen-bond acceptors (Lipinski definition) is 4. The second kappa shape index (κ2) is 5.58. The van der Waals surface area contributed by atoms with Crippen LogP contribution in [0.15, 0.2) is 73.2 Å². The van der Waals surface area contributed by atoms with E-state index in [0.29, 0.717) is 21.1 Å². The van der Waals surface area contributed by atoms with Crippen LogP contribution in [0.4, 0.5) is 5.69 Å². The number of nitrogens with one attached hydrogen (secondary N) is 1. The predicted octanol–water partition coefficient (Wildman–Crippen LogP) is 3.36. The lowest BCUT2D eigenvalue weighted by atomic mass is 10.2. The van der Waals surface area contributed by atoms with Crippen molar-refractivity contribution in [1.82, 2.24) is 0 Å². The first-order chi connectivity index (χ1) is 10.5. The molecule has 1 N–H and O–H groups in total. The number of hydrogen-bond donors (Lipinski definition) is 1. The molecule has 0 aliphatic rings. The van der Waals surface area contributed by atoms with Gasteiger partial charge in [-0.1, -0.05) is 18.2 Å². The van der Waals surface area contributed by atoms with Gasteiger partial charge in [-0.15, -0.1) is 0 Å². The maximum Gasteiger partial charge on any atom is 0.337 e. The van der Waals surface area contributed by atoms with Crippen molar-refractivity contribution < 1.29 is 12.8 Å². The monoisotopic (exact) mass is 379 g/mol. The van der Waals surface area contributed by atoms with Gasteiger partial charge in [-0.2, -0.15) is 0 Å². The molecule has 0 spiro atoms. The van der Waals surface area contributed by atoms with Crippen LogP contribution in [0, 0.1) is 0 Å². The molecule has 2 aromatic carbocycles. The third kappa shape index (κ3) is 2.90. The first-order valence-corrected chi connectivity index (χ1v) is 8.55. The van der Waals surface area contributed by atoms with Crippen molar-refractivity contribution in [3.05, 3.63) is 69.5 Å². The van der Waals surface area contributed by atoms with Crippen LogP contribution in [0.25, 0.3) is 11.0 Å². The maximum atomic E-state index is 12.3. The Morgan fingerprint density at radius 3 is 2.45 bits per heavy atom. The lowest BCUT2D eigenvalue weighted by Gasteiger charge is -2.09. The van der Waals surface area contributed by atoms with Crippen LogP contribution < -0.4 is 10.3 Å². The van der Waals surface area contributed by atoms with E-state index in [2.05, 4.69) is 20.7 Å². The van der Waals surface area contributed by atoms with Crippen molar-refractivity contribution in [2.45, 2.75) is 4.90 Å². The van der Waals surface area contributed by atoms with E-state index < -0.39 is 15.6 Å². The summed E-state index contributed by atoms with van der Waals surface area (Å²) in [6, 6.07) is 14.1. The van der Waals surface area contributed by atoms with E-state index >= 15 is 0 Å². The first kappa shape index (κ1) is 14.8. The molecule has 7 heteroatoms. The summed E-state index contributed by atoms with van der Waals surface area (Å²) in [7, 11) is -3.66. The van der Waals surface area contributed by atoms with Crippen LogP contribution in [-0.4, -0.2) is 8.42 Å². The fourth-order valence-corrected chi connectivity index (χ4v) is 3.57. The summed E-state index contributed by atoms with van der Waals surface area (Å²) < 4.78 is 32.7. The molecule has 112 valence electrons. The van der Waals surface area contributed by atoms with Gasteiger partial charge < -0.3 is 4.42 Å². The van der Waals surface area contributed by atoms with E-state index in [1.165, 1.54) is 24.3 Å². The van der Waals surface area contributed by atoms with E-state index in [-0.39, 0.29) is 4.90 Å². The Balaban J connectivity index is 2.03. The Bertz CT molecular complexity index is 997. The highest BCUT2D eigenvalue weighted by molar-refractivity contribution is 9.10. The van der Waals surface area contributed by atoms with Gasteiger partial charge in [0.25, 0.3) is 10.0 Å². The molecule has 1 aromatic heterocycles. The minimum atomic E-state index is -3.66. The van der Waals surface area contributed by atoms with E-state index in [0.717, 1.165) is 0 Å². The summed E-state index contributed by atoms with van der Waals surface area (Å²) in [5, 5.41) is 0.605. The third-order valence-corrected chi connectivity index (χ3v) is 5.05. The number of rotatable bonds is 3. The van der Waals surface area contributed by atoms with Gasteiger partial charge in [-0.25, -0.2) is 13.2 Å². The Morgan fingerprint density at radius 1 is 1.00 bits per heavy atom. The second-order valence-corrected chi connectivity index (χ2v) is 7.08. The second-order valence-electron chi connectivity index (χ2n) is 4.54. The molecule has 0 saturated heterocycles. The molecule has 0 unspecified atom stereocenters. The van der Waals surface area contributed by atoms with Gasteiger partial charge in [0.15, 0.2) is 0 Å². The van der Waals surface area contributed by atoms with E-state index in [1.54, 1.807) is 30.3 Å². The molecule has 22 heavy (non-hydrogen) atoms. The van der Waals surface area contributed by atoms with Crippen LogP contribution in [0.5, 0.6) is 0 Å². The van der Waals surface area contributed by atoms with Crippen LogP contribution in [0.1, 0.15) is 0 Å². The fraction of sp³-hybridized carbons (Fsp3) is 0. The average Bonchev–Trinajstić information content (AvgIpc) is 2.48. The molecule has 0 aliphatic carbocycles. The fourth-order valence-electron chi connectivity index (χ4n) is 2.00. The highest BCUT2D eigenvalue weighted by Crippen LogP contribution is 2.26. The molecular weight excluding hydrogens is 370 g/mol. The summed E-state index contributed by atoms with van der Waals surface area (Å²) in [4.78, 5) is 11.5. The Kier molecular flexibility index (Phi) is 3.76. The molecule has 0 fully saturated rings. The molecule has 0 radical (unpaired) electrons. The van der Waals surface area contributed by atoms with Gasteiger partial charge in [0, 0.05) is 21.6 Å². The number of anilines is 1. The molecule has 5 nitrogen and oxygen atoms in total. The first-order valence-electron chi connectivity index (χ1n) is 6.27. The Hall–Kier alpha value is -2.12. The zero-order chi connectivity index (χ0) is 15.7. The Morgan fingerprint density at radius 2 is 1.73 bits per heavy atom. The highest BCUT2D eigenvalue weighted by Gasteiger charge is 2.14. The topological polar surface area (TPSA) is 76.4 Å². The minimum Gasteiger partial charge on any atom is -0.423 e. The van der Waals surface area contributed by atoms with Crippen molar-refractivity contribution >= 4 is 42.6 Å². The van der Waals surface area contributed by atoms with Crippen molar-refractivity contribution in [2.75, 3.05) is 4.72 Å². The van der Waals surface area contributed by atoms with Crippen molar-refractivity contribution in [3.63, 3.8) is 0 Å². The summed E-state index contributed by atoms with van der Waals surface area (Å²) in [5.41, 5.74) is 0.282. The Labute approximate surface area is 134 Å². The smallest absolute Gasteiger partial charge is 0.337 e. The number of sulfonamides is 1. The molecule has 0 amide bonds. The van der Waals surface area contributed by atoms with Gasteiger partial charge in [0.1, 0.15) is 5.58 Å². The molecular formula is C15H10BrNO4S. The van der Waals surface area contributed by atoms with Crippen LogP contribution >= 0.6 is 15.9 Å². The van der Waals surface area contributed by atoms with E-state index in [1.807, 2.05) is 0 Å². The van der Waals surface area contributed by atoms with E-state index in [4.69, 9.17) is 4.42 Å². The van der Waals surface area contributed by atoms with Crippen molar-refractivity contribution in [2.24, 2.45) is 0 Å². The van der Waals surface area contributed by atoms with Gasteiger partial charge in [0.05, 0.1) is 4.90 Å². The summed E-state index contributed by atoms with van der Waals surface area (Å²) in [6.07, 6.45) is 0. The quantitative estimate of drug-likeness (QED) is 0.707. The molecule has 0 saturated carbocycles. The zero-order valence-corrected chi connectivity index (χ0v) is 13.5. The maximum absolute atomic E-state index is 12.3. The van der Waals surface area contributed by atoms with Crippen LogP contribution in [-0.2, 0) is 10.0 Å². The van der Waals surface area contributed by atoms with Gasteiger partial charge >= 0.3 is 5.63 Å². The molecule has 0 aliphatic heterocycles. The van der Waals surface area contributed by atoms with E-state index in [9.17, 15) is 13.2 Å². The largest absolute Gasteiger partial charge is 0.423 e. The van der Waals surface area contributed by atoms with Crippen molar-refractivity contribution in [3.8, 4) is 0 Å². The summed E-state index contributed by atoms with van der Waals surface area (Å²) in [5.74, 6) is 0. The highest BCUT2D eigenvalue weighted by atomic mass is 79.9. The molecule has 3 rings (SSSR count). The number of benzene rings is 2. The average molecular weight is 380 g/mol. The molecule has 0 atom stereocenters. The lowest BCUT2D eigenvalue weighted by Crippen LogP contribution is -2.12. The molecule has 3 aromatic rings. The molecule has 0 bridgehead atoms. The molecule has 1 heterocycles. The van der Waals surface area contributed by atoms with Gasteiger partial charge in [-0.3, -0.25) is 4.72 Å². The summed E-state index contributed by atoms with van der Waals surface area (Å²) >= 11 is 3.27. The number of halogens is 1. The zero-order valence-electron chi connectivity index (χ0n) is 11.1. The SMILES string of the molecule is O=c1cc(Br)c2cc(NS(=O)(=O)c3ccccc3)ccc2o1. The minimum absolute atomic E-state index is 0.175. The predicted molar refractivity (Wildman–Crippen MR) is 87.4 cm³/mol. The normalized spacial score (nSPS) is 11.5. The van der Waals surface area contributed by atoms with Crippen LogP contribution in [0.2, 0.25) is 0 Å². The van der Waals surface area contributed by atoms with Crippen molar-refractivity contribution in [1.29, 1.82) is 0 Å². The summed E-state index contributed by atoms with van der Waals surface area (Å²) in [6.45, 7) is 0. The third-order valence-electron chi connectivity index (χ3n) is 3.00. The van der Waals surface area contributed by atoms with Crippen LogP contribution in [0.3, 0.4) is 0 Å². The standard InChI is InChI=1S/C15H10BrNO4S/c16-13-9-15(18)21-14-7-6-10(8-12(13)14)17-22(19,20)11-4-2-1-3-5-11/h1-9,17H. The lowest BCUT2D eigenvalue weighted by molar-refractivity contribution is 0.560. The number of fused-ring (bicyclic) bond motifs is 1. The van der Waals surface area contributed by atoms with Gasteiger partial charge in [-0.05, 0) is 46.3 Å². The van der Waals surface area contributed by atoms with Gasteiger partial charge in [0.2, 0.25) is 0 Å².